The fourth-order valence-corrected chi connectivity index (χ4v) is 1.59. The SMILES string of the molecule is O=Cc1cccc(OC(=O)Cc2ccc(F)cc2)c1. The quantitative estimate of drug-likeness (QED) is 0.481. The molecule has 0 spiro atoms. The molecule has 0 heterocycles. The summed E-state index contributed by atoms with van der Waals surface area (Å²) in [4.78, 5) is 22.3. The van der Waals surface area contributed by atoms with Gasteiger partial charge >= 0.3 is 5.97 Å². The highest BCUT2D eigenvalue weighted by molar-refractivity contribution is 5.78. The molecule has 0 aliphatic rings. The number of halogens is 1. The molecule has 0 amide bonds. The standard InChI is InChI=1S/C15H11FO3/c16-13-6-4-11(5-7-13)9-15(18)19-14-3-1-2-12(8-14)10-17/h1-8,10H,9H2. The molecule has 2 rings (SSSR count). The largest absolute Gasteiger partial charge is 0.426 e. The molecule has 0 aliphatic heterocycles. The van der Waals surface area contributed by atoms with E-state index < -0.39 is 5.97 Å². The van der Waals surface area contributed by atoms with Crippen LogP contribution in [0.2, 0.25) is 0 Å². The molecule has 0 bridgehead atoms. The predicted molar refractivity (Wildman–Crippen MR) is 67.6 cm³/mol. The zero-order chi connectivity index (χ0) is 13.7. The molecule has 4 heteroatoms. The summed E-state index contributed by atoms with van der Waals surface area (Å²) >= 11 is 0. The van der Waals surface area contributed by atoms with Gasteiger partial charge in [-0.15, -0.1) is 0 Å². The minimum Gasteiger partial charge on any atom is -0.426 e. The van der Waals surface area contributed by atoms with Gasteiger partial charge in [-0.3, -0.25) is 9.59 Å². The van der Waals surface area contributed by atoms with Gasteiger partial charge in [-0.2, -0.15) is 0 Å². The lowest BCUT2D eigenvalue weighted by molar-refractivity contribution is -0.133. The van der Waals surface area contributed by atoms with Crippen molar-refractivity contribution in [3.63, 3.8) is 0 Å². The number of carbonyl (C=O) groups is 2. The van der Waals surface area contributed by atoms with Gasteiger partial charge in [0, 0.05) is 5.56 Å². The summed E-state index contributed by atoms with van der Waals surface area (Å²) < 4.78 is 17.8. The molecule has 0 aliphatic carbocycles. The Balaban J connectivity index is 2.00. The summed E-state index contributed by atoms with van der Waals surface area (Å²) in [6.07, 6.45) is 0.725. The zero-order valence-electron chi connectivity index (χ0n) is 10.0. The van der Waals surface area contributed by atoms with Crippen molar-refractivity contribution in [3.8, 4) is 5.75 Å². The molecule has 96 valence electrons. The van der Waals surface area contributed by atoms with Crippen LogP contribution in [0.5, 0.6) is 5.75 Å². The summed E-state index contributed by atoms with van der Waals surface area (Å²) in [7, 11) is 0. The van der Waals surface area contributed by atoms with E-state index in [4.69, 9.17) is 4.74 Å². The molecular weight excluding hydrogens is 247 g/mol. The normalized spacial score (nSPS) is 9.95. The molecule has 19 heavy (non-hydrogen) atoms. The number of ether oxygens (including phenoxy) is 1. The maximum atomic E-state index is 12.7. The number of benzene rings is 2. The molecular formula is C15H11FO3. The monoisotopic (exact) mass is 258 g/mol. The average Bonchev–Trinajstić information content (AvgIpc) is 2.41. The summed E-state index contributed by atoms with van der Waals surface area (Å²) in [5.41, 5.74) is 1.10. The first-order valence-electron chi connectivity index (χ1n) is 5.68. The number of carbonyl (C=O) groups excluding carboxylic acids is 2. The number of rotatable bonds is 4. The molecule has 0 aromatic heterocycles. The predicted octanol–water partition coefficient (Wildman–Crippen LogP) is 2.79. The minimum absolute atomic E-state index is 0.0472. The Morgan fingerprint density at radius 1 is 1.16 bits per heavy atom. The first-order chi connectivity index (χ1) is 9.17. The zero-order valence-corrected chi connectivity index (χ0v) is 10.0. The molecule has 2 aromatic rings. The highest BCUT2D eigenvalue weighted by atomic mass is 19.1. The molecule has 0 radical (unpaired) electrons. The van der Waals surface area contributed by atoms with E-state index >= 15 is 0 Å². The Morgan fingerprint density at radius 2 is 1.89 bits per heavy atom. The van der Waals surface area contributed by atoms with Crippen LogP contribution in [0.1, 0.15) is 15.9 Å². The highest BCUT2D eigenvalue weighted by Crippen LogP contribution is 2.13. The third-order valence-electron chi connectivity index (χ3n) is 2.49. The Kier molecular flexibility index (Phi) is 4.03. The van der Waals surface area contributed by atoms with Crippen LogP contribution in [-0.2, 0) is 11.2 Å². The summed E-state index contributed by atoms with van der Waals surface area (Å²) in [6, 6.07) is 11.9. The van der Waals surface area contributed by atoms with Gasteiger partial charge in [0.05, 0.1) is 6.42 Å². The maximum Gasteiger partial charge on any atom is 0.315 e. The van der Waals surface area contributed by atoms with Crippen LogP contribution in [0.25, 0.3) is 0 Å². The number of aldehydes is 1. The van der Waals surface area contributed by atoms with Gasteiger partial charge in [0.2, 0.25) is 0 Å². The van der Waals surface area contributed by atoms with E-state index in [1.165, 1.54) is 30.3 Å². The topological polar surface area (TPSA) is 43.4 Å². The third-order valence-corrected chi connectivity index (χ3v) is 2.49. The molecule has 0 unspecified atom stereocenters. The van der Waals surface area contributed by atoms with Gasteiger partial charge in [0.1, 0.15) is 17.9 Å². The van der Waals surface area contributed by atoms with Crippen molar-refractivity contribution in [3.05, 3.63) is 65.5 Å². The molecule has 0 N–H and O–H groups in total. The second-order valence-corrected chi connectivity index (χ2v) is 3.97. The minimum atomic E-state index is -0.463. The van der Waals surface area contributed by atoms with Crippen LogP contribution < -0.4 is 4.74 Å². The molecule has 0 saturated heterocycles. The van der Waals surface area contributed by atoms with Crippen LogP contribution in [0.15, 0.2) is 48.5 Å². The van der Waals surface area contributed by atoms with Gasteiger partial charge in [-0.25, -0.2) is 4.39 Å². The lowest BCUT2D eigenvalue weighted by Crippen LogP contribution is -2.11. The van der Waals surface area contributed by atoms with Crippen molar-refractivity contribution in [1.29, 1.82) is 0 Å². The highest BCUT2D eigenvalue weighted by Gasteiger charge is 2.07. The lowest BCUT2D eigenvalue weighted by atomic mass is 10.1. The molecule has 3 nitrogen and oxygen atoms in total. The molecule has 2 aromatic carbocycles. The van der Waals surface area contributed by atoms with E-state index in [0.29, 0.717) is 23.2 Å². The molecule has 0 saturated carbocycles. The molecule has 0 atom stereocenters. The van der Waals surface area contributed by atoms with Crippen molar-refractivity contribution < 1.29 is 18.7 Å². The first-order valence-corrected chi connectivity index (χ1v) is 5.68. The van der Waals surface area contributed by atoms with Crippen molar-refractivity contribution in [2.24, 2.45) is 0 Å². The van der Waals surface area contributed by atoms with E-state index in [1.54, 1.807) is 18.2 Å². The lowest BCUT2D eigenvalue weighted by Gasteiger charge is -2.04. The third kappa shape index (κ3) is 3.74. The average molecular weight is 258 g/mol. The Hall–Kier alpha value is -2.49. The Morgan fingerprint density at radius 3 is 2.58 bits per heavy atom. The van der Waals surface area contributed by atoms with E-state index in [2.05, 4.69) is 0 Å². The van der Waals surface area contributed by atoms with Gasteiger partial charge < -0.3 is 4.74 Å². The van der Waals surface area contributed by atoms with E-state index in [1.807, 2.05) is 0 Å². The van der Waals surface area contributed by atoms with Crippen molar-refractivity contribution in [1.82, 2.24) is 0 Å². The summed E-state index contributed by atoms with van der Waals surface area (Å²) in [5, 5.41) is 0. The van der Waals surface area contributed by atoms with Crippen molar-refractivity contribution in [2.75, 3.05) is 0 Å². The van der Waals surface area contributed by atoms with Gasteiger partial charge in [-0.05, 0) is 29.8 Å². The van der Waals surface area contributed by atoms with Crippen LogP contribution in [0.4, 0.5) is 4.39 Å². The fourth-order valence-electron chi connectivity index (χ4n) is 1.59. The Bertz CT molecular complexity index is 591. The second-order valence-electron chi connectivity index (χ2n) is 3.97. The summed E-state index contributed by atoms with van der Waals surface area (Å²) in [5.74, 6) is -0.498. The first kappa shape index (κ1) is 13.0. The number of esters is 1. The summed E-state index contributed by atoms with van der Waals surface area (Å²) in [6.45, 7) is 0. The van der Waals surface area contributed by atoms with Gasteiger partial charge in [0.25, 0.3) is 0 Å². The van der Waals surface area contributed by atoms with E-state index in [9.17, 15) is 14.0 Å². The molecule has 0 fully saturated rings. The maximum absolute atomic E-state index is 12.7. The van der Waals surface area contributed by atoms with Crippen LogP contribution in [0.3, 0.4) is 0 Å². The smallest absolute Gasteiger partial charge is 0.315 e. The van der Waals surface area contributed by atoms with Crippen LogP contribution in [-0.4, -0.2) is 12.3 Å². The van der Waals surface area contributed by atoms with E-state index in [0.717, 1.165) is 0 Å². The van der Waals surface area contributed by atoms with Crippen LogP contribution in [0, 0.1) is 5.82 Å². The number of hydrogen-bond donors (Lipinski definition) is 0. The van der Waals surface area contributed by atoms with E-state index in [-0.39, 0.29) is 12.2 Å². The Labute approximate surface area is 109 Å². The number of hydrogen-bond acceptors (Lipinski definition) is 3. The fraction of sp³-hybridized carbons (Fsp3) is 0.0667. The van der Waals surface area contributed by atoms with Crippen molar-refractivity contribution in [2.45, 2.75) is 6.42 Å². The second kappa shape index (κ2) is 5.91. The van der Waals surface area contributed by atoms with Crippen molar-refractivity contribution >= 4 is 12.3 Å². The van der Waals surface area contributed by atoms with Crippen LogP contribution >= 0.6 is 0 Å². The van der Waals surface area contributed by atoms with Gasteiger partial charge in [0.15, 0.2) is 0 Å². The van der Waals surface area contributed by atoms with Gasteiger partial charge in [-0.1, -0.05) is 24.3 Å².